The Morgan fingerprint density at radius 2 is 2.21 bits per heavy atom. The fourth-order valence-electron chi connectivity index (χ4n) is 3.84. The quantitative estimate of drug-likeness (QED) is 0.856. The second kappa shape index (κ2) is 6.27. The summed E-state index contributed by atoms with van der Waals surface area (Å²) in [6.07, 6.45) is 2.94. The van der Waals surface area contributed by atoms with Crippen molar-refractivity contribution < 1.29 is 4.79 Å². The van der Waals surface area contributed by atoms with Gasteiger partial charge in [0.05, 0.1) is 23.5 Å². The van der Waals surface area contributed by atoms with Crippen LogP contribution in [-0.4, -0.2) is 59.5 Å². The summed E-state index contributed by atoms with van der Waals surface area (Å²) in [4.78, 5) is 23.6. The van der Waals surface area contributed by atoms with Gasteiger partial charge < -0.3 is 4.90 Å². The minimum Gasteiger partial charge on any atom is -0.309 e. The Morgan fingerprint density at radius 1 is 1.29 bits per heavy atom. The molecule has 4 rings (SSSR count). The van der Waals surface area contributed by atoms with Gasteiger partial charge >= 0.3 is 0 Å². The highest BCUT2D eigenvalue weighted by Crippen LogP contribution is 2.34. The van der Waals surface area contributed by atoms with Crippen molar-refractivity contribution in [2.24, 2.45) is 0 Å². The summed E-state index contributed by atoms with van der Waals surface area (Å²) in [6.45, 7) is 4.18. The van der Waals surface area contributed by atoms with Crippen molar-refractivity contribution in [1.29, 1.82) is 0 Å². The summed E-state index contributed by atoms with van der Waals surface area (Å²) in [7, 11) is 2.09. The van der Waals surface area contributed by atoms with Crippen molar-refractivity contribution in [2.45, 2.75) is 18.5 Å². The van der Waals surface area contributed by atoms with Crippen LogP contribution in [0.25, 0.3) is 0 Å². The van der Waals surface area contributed by atoms with Crippen LogP contribution in [0.2, 0.25) is 0 Å². The molecule has 0 bridgehead atoms. The minimum absolute atomic E-state index is 0.0463. The van der Waals surface area contributed by atoms with Crippen LogP contribution in [-0.2, 0) is 11.3 Å². The number of piperazine rings is 1. The highest BCUT2D eigenvalue weighted by molar-refractivity contribution is 7.08. The zero-order valence-corrected chi connectivity index (χ0v) is 14.7. The molecule has 2 aromatic rings. The van der Waals surface area contributed by atoms with Crippen LogP contribution in [0.15, 0.2) is 41.2 Å². The first kappa shape index (κ1) is 15.7. The van der Waals surface area contributed by atoms with Gasteiger partial charge in [-0.25, -0.2) is 0 Å². The maximum Gasteiger partial charge on any atom is 0.241 e. The molecule has 126 valence electrons. The fourth-order valence-corrected chi connectivity index (χ4v) is 4.48. The molecule has 0 unspecified atom stereocenters. The Hall–Kier alpha value is -1.76. The van der Waals surface area contributed by atoms with Crippen LogP contribution in [0.3, 0.4) is 0 Å². The predicted octanol–water partition coefficient (Wildman–Crippen LogP) is 2.07. The number of carbonyl (C=O) groups is 1. The molecule has 2 aromatic heterocycles. The number of amides is 1. The largest absolute Gasteiger partial charge is 0.309 e. The lowest BCUT2D eigenvalue weighted by atomic mass is 9.93. The summed E-state index contributed by atoms with van der Waals surface area (Å²) in [5, 5.41) is 4.10. The normalized spacial score (nSPS) is 25.7. The zero-order chi connectivity index (χ0) is 16.6. The number of rotatable bonds is 3. The number of carbonyl (C=O) groups excluding carboxylic acids is 1. The Kier molecular flexibility index (Phi) is 4.12. The van der Waals surface area contributed by atoms with E-state index in [1.165, 1.54) is 0 Å². The highest BCUT2D eigenvalue weighted by atomic mass is 32.1. The number of pyridine rings is 1. The number of likely N-dealkylation sites (tertiary alicyclic amines) is 1. The van der Waals surface area contributed by atoms with E-state index in [0.29, 0.717) is 6.54 Å². The SMILES string of the molecule is CN1CC(=O)N(c2ccsc2)C[C@@]12CCN(Cc1ccccn1)C2. The molecule has 0 saturated carbocycles. The lowest BCUT2D eigenvalue weighted by Gasteiger charge is -2.46. The third kappa shape index (κ3) is 2.85. The summed E-state index contributed by atoms with van der Waals surface area (Å²) in [6, 6.07) is 8.12. The molecule has 6 heteroatoms. The standard InChI is InChI=1S/C18H22N4OS/c1-20-11-17(23)22(16-5-9-24-12-16)14-18(20)6-8-21(13-18)10-15-4-2-3-7-19-15/h2-5,7,9,12H,6,8,10-11,13-14H2,1H3/t18-/m0/s1. The molecule has 5 nitrogen and oxygen atoms in total. The van der Waals surface area contributed by atoms with E-state index in [2.05, 4.69) is 33.3 Å². The van der Waals surface area contributed by atoms with Crippen LogP contribution >= 0.6 is 11.3 Å². The maximum atomic E-state index is 12.5. The molecule has 1 amide bonds. The fraction of sp³-hybridized carbons (Fsp3) is 0.444. The lowest BCUT2D eigenvalue weighted by molar-refractivity contribution is -0.123. The van der Waals surface area contributed by atoms with Gasteiger partial charge in [0.2, 0.25) is 5.91 Å². The molecule has 2 saturated heterocycles. The molecular formula is C18H22N4OS. The second-order valence-corrected chi connectivity index (χ2v) is 7.60. The van der Waals surface area contributed by atoms with E-state index < -0.39 is 0 Å². The van der Waals surface area contributed by atoms with E-state index in [9.17, 15) is 4.79 Å². The first-order valence-corrected chi connectivity index (χ1v) is 9.27. The Balaban J connectivity index is 1.50. The Labute approximate surface area is 146 Å². The number of hydrogen-bond acceptors (Lipinski definition) is 5. The van der Waals surface area contributed by atoms with Crippen LogP contribution < -0.4 is 4.90 Å². The second-order valence-electron chi connectivity index (χ2n) is 6.82. The maximum absolute atomic E-state index is 12.5. The first-order valence-electron chi connectivity index (χ1n) is 8.32. The molecule has 1 spiro atoms. The van der Waals surface area contributed by atoms with E-state index in [-0.39, 0.29) is 11.4 Å². The van der Waals surface area contributed by atoms with Gasteiger partial charge in [-0.1, -0.05) is 6.07 Å². The number of aromatic nitrogens is 1. The van der Waals surface area contributed by atoms with Crippen molar-refractivity contribution in [2.75, 3.05) is 38.1 Å². The van der Waals surface area contributed by atoms with Gasteiger partial charge in [0, 0.05) is 37.8 Å². The topological polar surface area (TPSA) is 39.7 Å². The van der Waals surface area contributed by atoms with Gasteiger partial charge in [-0.05, 0) is 37.0 Å². The Bertz CT molecular complexity index is 705. The molecule has 1 atom stereocenters. The molecule has 0 aliphatic carbocycles. The highest BCUT2D eigenvalue weighted by Gasteiger charge is 2.47. The lowest BCUT2D eigenvalue weighted by Crippen LogP contribution is -2.64. The van der Waals surface area contributed by atoms with Crippen LogP contribution in [0.4, 0.5) is 5.69 Å². The number of anilines is 1. The van der Waals surface area contributed by atoms with Crippen molar-refractivity contribution >= 4 is 22.9 Å². The average molecular weight is 342 g/mol. The molecule has 2 aliphatic rings. The molecule has 2 fully saturated rings. The van der Waals surface area contributed by atoms with Crippen molar-refractivity contribution in [3.8, 4) is 0 Å². The van der Waals surface area contributed by atoms with Crippen LogP contribution in [0.1, 0.15) is 12.1 Å². The molecule has 2 aliphatic heterocycles. The number of likely N-dealkylation sites (N-methyl/N-ethyl adjacent to an activating group) is 1. The van der Waals surface area contributed by atoms with E-state index in [0.717, 1.165) is 44.0 Å². The smallest absolute Gasteiger partial charge is 0.241 e. The van der Waals surface area contributed by atoms with Gasteiger partial charge in [0.15, 0.2) is 0 Å². The number of hydrogen-bond donors (Lipinski definition) is 0. The average Bonchev–Trinajstić information content (AvgIpc) is 3.23. The number of nitrogens with zero attached hydrogens (tertiary/aromatic N) is 4. The van der Waals surface area contributed by atoms with Crippen molar-refractivity contribution in [3.63, 3.8) is 0 Å². The molecule has 0 N–H and O–H groups in total. The van der Waals surface area contributed by atoms with E-state index >= 15 is 0 Å². The zero-order valence-electron chi connectivity index (χ0n) is 13.9. The summed E-state index contributed by atoms with van der Waals surface area (Å²) < 4.78 is 0. The van der Waals surface area contributed by atoms with Crippen molar-refractivity contribution in [3.05, 3.63) is 46.9 Å². The van der Waals surface area contributed by atoms with Gasteiger partial charge in [-0.3, -0.25) is 19.6 Å². The Morgan fingerprint density at radius 3 is 2.96 bits per heavy atom. The van der Waals surface area contributed by atoms with E-state index in [4.69, 9.17) is 0 Å². The van der Waals surface area contributed by atoms with Gasteiger partial charge in [-0.15, -0.1) is 0 Å². The summed E-state index contributed by atoms with van der Waals surface area (Å²) in [5.74, 6) is 0.199. The van der Waals surface area contributed by atoms with Crippen molar-refractivity contribution in [1.82, 2.24) is 14.8 Å². The predicted molar refractivity (Wildman–Crippen MR) is 96.2 cm³/mol. The van der Waals surface area contributed by atoms with Gasteiger partial charge in [-0.2, -0.15) is 11.3 Å². The molecule has 24 heavy (non-hydrogen) atoms. The monoisotopic (exact) mass is 342 g/mol. The third-order valence-corrected chi connectivity index (χ3v) is 5.95. The van der Waals surface area contributed by atoms with Crippen LogP contribution in [0, 0.1) is 0 Å². The number of thiophene rings is 1. The van der Waals surface area contributed by atoms with E-state index in [1.807, 2.05) is 34.7 Å². The summed E-state index contributed by atoms with van der Waals surface area (Å²) >= 11 is 1.64. The minimum atomic E-state index is 0.0463. The molecule has 0 radical (unpaired) electrons. The first-order chi connectivity index (χ1) is 11.7. The molecule has 4 heterocycles. The molecular weight excluding hydrogens is 320 g/mol. The van der Waals surface area contributed by atoms with Crippen LogP contribution in [0.5, 0.6) is 0 Å². The van der Waals surface area contributed by atoms with Gasteiger partial charge in [0.1, 0.15) is 0 Å². The van der Waals surface area contributed by atoms with E-state index in [1.54, 1.807) is 11.3 Å². The van der Waals surface area contributed by atoms with Gasteiger partial charge in [0.25, 0.3) is 0 Å². The summed E-state index contributed by atoms with van der Waals surface area (Å²) in [5.41, 5.74) is 2.20. The molecule has 0 aromatic carbocycles. The third-order valence-electron chi connectivity index (χ3n) is 5.28.